The summed E-state index contributed by atoms with van der Waals surface area (Å²) in [6.07, 6.45) is 1.11. The molecular weight excluding hydrogens is 193 g/mol. The number of hydrogen-bond donors (Lipinski definition) is 1. The Bertz CT molecular complexity index is 336. The second-order valence-corrected chi connectivity index (χ2v) is 3.23. The summed E-state index contributed by atoms with van der Waals surface area (Å²) in [4.78, 5) is 0. The fourth-order valence-corrected chi connectivity index (χ4v) is 1.33. The van der Waals surface area contributed by atoms with Crippen LogP contribution < -0.4 is 10.5 Å². The zero-order chi connectivity index (χ0) is 11.1. The van der Waals surface area contributed by atoms with Crippen LogP contribution in [0.25, 0.3) is 0 Å². The molecule has 0 fully saturated rings. The van der Waals surface area contributed by atoms with Gasteiger partial charge in [-0.1, -0.05) is 12.1 Å². The Kier molecular flexibility index (Phi) is 4.84. The molecule has 3 heteroatoms. The van der Waals surface area contributed by atoms with E-state index in [-0.39, 0.29) is 6.54 Å². The van der Waals surface area contributed by atoms with E-state index >= 15 is 0 Å². The van der Waals surface area contributed by atoms with Crippen molar-refractivity contribution in [1.82, 2.24) is 0 Å². The van der Waals surface area contributed by atoms with Gasteiger partial charge in [0.2, 0.25) is 0 Å². The fourth-order valence-electron chi connectivity index (χ4n) is 1.33. The van der Waals surface area contributed by atoms with Crippen LogP contribution in [-0.2, 0) is 6.42 Å². The molecule has 0 aromatic heterocycles. The molecule has 0 atom stereocenters. The molecule has 1 rings (SSSR count). The lowest BCUT2D eigenvalue weighted by Crippen LogP contribution is -2.05. The van der Waals surface area contributed by atoms with Crippen molar-refractivity contribution in [3.05, 3.63) is 41.7 Å². The Morgan fingerprint density at radius 3 is 2.93 bits per heavy atom. The molecule has 0 radical (unpaired) electrons. The van der Waals surface area contributed by atoms with E-state index in [2.05, 4.69) is 0 Å². The van der Waals surface area contributed by atoms with E-state index in [1.165, 1.54) is 0 Å². The second kappa shape index (κ2) is 6.19. The van der Waals surface area contributed by atoms with Gasteiger partial charge in [-0.05, 0) is 36.6 Å². The maximum atomic E-state index is 12.3. The van der Waals surface area contributed by atoms with Gasteiger partial charge in [-0.25, -0.2) is 4.39 Å². The zero-order valence-electron chi connectivity index (χ0n) is 8.87. The third kappa shape index (κ3) is 3.72. The van der Waals surface area contributed by atoms with Crippen LogP contribution in [0.1, 0.15) is 12.5 Å². The molecule has 0 saturated carbocycles. The first-order valence-corrected chi connectivity index (χ1v) is 5.00. The number of ether oxygens (including phenoxy) is 1. The molecule has 1 aromatic carbocycles. The highest BCUT2D eigenvalue weighted by Crippen LogP contribution is 2.15. The van der Waals surface area contributed by atoms with Crippen LogP contribution in [0.15, 0.2) is 36.2 Å². The monoisotopic (exact) mass is 209 g/mol. The van der Waals surface area contributed by atoms with Gasteiger partial charge in [-0.2, -0.15) is 0 Å². The Morgan fingerprint density at radius 1 is 1.53 bits per heavy atom. The maximum Gasteiger partial charge on any atom is 0.119 e. The minimum atomic E-state index is 0.245. The van der Waals surface area contributed by atoms with Crippen LogP contribution in [0, 0.1) is 0 Å². The predicted octanol–water partition coefficient (Wildman–Crippen LogP) is 2.44. The predicted molar refractivity (Wildman–Crippen MR) is 59.6 cm³/mol. The van der Waals surface area contributed by atoms with Crippen molar-refractivity contribution in [3.8, 4) is 5.75 Å². The van der Waals surface area contributed by atoms with Gasteiger partial charge in [-0.3, -0.25) is 0 Å². The summed E-state index contributed by atoms with van der Waals surface area (Å²) in [5.74, 6) is 0.810. The summed E-state index contributed by atoms with van der Waals surface area (Å²) in [6, 6.07) is 7.62. The van der Waals surface area contributed by atoms with Crippen LogP contribution in [0.2, 0.25) is 0 Å². The van der Waals surface area contributed by atoms with Gasteiger partial charge in [0.1, 0.15) is 5.75 Å². The Balaban J connectivity index is 2.72. The van der Waals surface area contributed by atoms with Gasteiger partial charge in [0.05, 0.1) is 12.9 Å². The third-order valence-electron chi connectivity index (χ3n) is 2.06. The van der Waals surface area contributed by atoms with Crippen molar-refractivity contribution < 1.29 is 9.13 Å². The normalized spacial score (nSPS) is 11.5. The summed E-state index contributed by atoms with van der Waals surface area (Å²) in [7, 11) is 0. The summed E-state index contributed by atoms with van der Waals surface area (Å²) < 4.78 is 17.7. The largest absolute Gasteiger partial charge is 0.494 e. The van der Waals surface area contributed by atoms with Crippen LogP contribution in [-0.4, -0.2) is 13.2 Å². The molecule has 0 spiro atoms. The Morgan fingerprint density at radius 2 is 2.33 bits per heavy atom. The zero-order valence-corrected chi connectivity index (χ0v) is 8.87. The molecule has 0 aliphatic carbocycles. The maximum absolute atomic E-state index is 12.3. The summed E-state index contributed by atoms with van der Waals surface area (Å²) >= 11 is 0. The smallest absolute Gasteiger partial charge is 0.119 e. The Labute approximate surface area is 89.6 Å². The average molecular weight is 209 g/mol. The van der Waals surface area contributed by atoms with Crippen molar-refractivity contribution in [2.45, 2.75) is 13.3 Å². The van der Waals surface area contributed by atoms with Crippen LogP contribution in [0.3, 0.4) is 0 Å². The lowest BCUT2D eigenvalue weighted by Gasteiger charge is -2.06. The third-order valence-corrected chi connectivity index (χ3v) is 2.06. The van der Waals surface area contributed by atoms with Crippen LogP contribution in [0.4, 0.5) is 4.39 Å². The summed E-state index contributed by atoms with van der Waals surface area (Å²) in [5, 5.41) is 0. The quantitative estimate of drug-likeness (QED) is 0.808. The second-order valence-electron chi connectivity index (χ2n) is 3.23. The van der Waals surface area contributed by atoms with E-state index in [9.17, 15) is 4.39 Å². The molecule has 0 unspecified atom stereocenters. The van der Waals surface area contributed by atoms with Crippen molar-refractivity contribution >= 4 is 0 Å². The van der Waals surface area contributed by atoms with E-state index in [0.717, 1.165) is 11.3 Å². The van der Waals surface area contributed by atoms with Gasteiger partial charge in [0.25, 0.3) is 0 Å². The van der Waals surface area contributed by atoms with Crippen molar-refractivity contribution in [1.29, 1.82) is 0 Å². The van der Waals surface area contributed by atoms with Gasteiger partial charge < -0.3 is 10.5 Å². The minimum absolute atomic E-state index is 0.245. The van der Waals surface area contributed by atoms with E-state index in [1.807, 2.05) is 31.2 Å². The number of benzene rings is 1. The molecule has 1 aromatic rings. The number of rotatable bonds is 5. The number of hydrogen-bond acceptors (Lipinski definition) is 2. The highest BCUT2D eigenvalue weighted by Gasteiger charge is 2.00. The molecule has 2 nitrogen and oxygen atoms in total. The van der Waals surface area contributed by atoms with Gasteiger partial charge in [0, 0.05) is 6.54 Å². The van der Waals surface area contributed by atoms with Crippen molar-refractivity contribution in [3.63, 3.8) is 0 Å². The standard InChI is InChI=1S/C12H16FNO/c1-2-15-12-5-3-4-10(7-12)6-11(8-13)9-14/h3-5,7-8H,2,6,9,14H2,1H3/b11-8-. The van der Waals surface area contributed by atoms with E-state index in [1.54, 1.807) is 0 Å². The van der Waals surface area contributed by atoms with Gasteiger partial charge in [0.15, 0.2) is 0 Å². The highest BCUT2D eigenvalue weighted by atomic mass is 19.1. The molecule has 0 heterocycles. The van der Waals surface area contributed by atoms with Crippen LogP contribution >= 0.6 is 0 Å². The number of nitrogens with two attached hydrogens (primary N) is 1. The molecule has 82 valence electrons. The SMILES string of the molecule is CCOc1cccc(C/C(=C/F)CN)c1. The van der Waals surface area contributed by atoms with E-state index in [0.29, 0.717) is 24.9 Å². The molecule has 0 bridgehead atoms. The summed E-state index contributed by atoms with van der Waals surface area (Å²) in [6.45, 7) is 2.81. The molecular formula is C12H16FNO. The topological polar surface area (TPSA) is 35.2 Å². The minimum Gasteiger partial charge on any atom is -0.494 e. The lowest BCUT2D eigenvalue weighted by atomic mass is 10.1. The average Bonchev–Trinajstić information content (AvgIpc) is 2.27. The van der Waals surface area contributed by atoms with Gasteiger partial charge >= 0.3 is 0 Å². The first-order valence-electron chi connectivity index (χ1n) is 5.00. The first kappa shape index (κ1) is 11.7. The fraction of sp³-hybridized carbons (Fsp3) is 0.333. The van der Waals surface area contributed by atoms with Crippen molar-refractivity contribution in [2.24, 2.45) is 5.73 Å². The summed E-state index contributed by atoms with van der Waals surface area (Å²) in [5.41, 5.74) is 6.98. The Hall–Kier alpha value is -1.35. The highest BCUT2D eigenvalue weighted by molar-refractivity contribution is 5.31. The van der Waals surface area contributed by atoms with Crippen molar-refractivity contribution in [2.75, 3.05) is 13.2 Å². The lowest BCUT2D eigenvalue weighted by molar-refractivity contribution is 0.340. The molecule has 15 heavy (non-hydrogen) atoms. The van der Waals surface area contributed by atoms with E-state index < -0.39 is 0 Å². The molecule has 0 aliphatic heterocycles. The molecule has 0 amide bonds. The molecule has 0 aliphatic rings. The van der Waals surface area contributed by atoms with Gasteiger partial charge in [-0.15, -0.1) is 0 Å². The molecule has 0 saturated heterocycles. The molecule has 2 N–H and O–H groups in total. The van der Waals surface area contributed by atoms with Crippen LogP contribution in [0.5, 0.6) is 5.75 Å². The number of halogens is 1. The first-order chi connectivity index (χ1) is 7.30. The van der Waals surface area contributed by atoms with E-state index in [4.69, 9.17) is 10.5 Å².